The Morgan fingerprint density at radius 3 is 2.89 bits per heavy atom. The van der Waals surface area contributed by atoms with E-state index in [1.54, 1.807) is 18.2 Å². The molecule has 1 unspecified atom stereocenters. The second-order valence-corrected chi connectivity index (χ2v) is 4.50. The van der Waals surface area contributed by atoms with Gasteiger partial charge in [0.25, 0.3) is 0 Å². The van der Waals surface area contributed by atoms with Crippen LogP contribution in [0.3, 0.4) is 0 Å². The molecule has 1 aromatic carbocycles. The number of methoxy groups -OCH3 is 1. The first-order valence-electron chi connectivity index (χ1n) is 5.94. The monoisotopic (exact) mass is 250 g/mol. The number of likely N-dealkylation sites (N-methyl/N-ethyl adjacent to an activating group) is 1. The van der Waals surface area contributed by atoms with Gasteiger partial charge in [-0.05, 0) is 25.6 Å². The first kappa shape index (κ1) is 12.7. The molecular weight excluding hydrogens is 232 g/mol. The molecular formula is C13H18N2O3. The van der Waals surface area contributed by atoms with Crippen LogP contribution in [-0.2, 0) is 4.74 Å². The van der Waals surface area contributed by atoms with E-state index in [1.165, 1.54) is 7.11 Å². The third-order valence-electron chi connectivity index (χ3n) is 3.13. The van der Waals surface area contributed by atoms with Crippen LogP contribution in [0.15, 0.2) is 18.2 Å². The van der Waals surface area contributed by atoms with Gasteiger partial charge in [0.1, 0.15) is 11.9 Å². The minimum absolute atomic E-state index is 0.0481. The highest BCUT2D eigenvalue weighted by atomic mass is 16.5. The van der Waals surface area contributed by atoms with Crippen LogP contribution in [0.5, 0.6) is 5.75 Å². The summed E-state index contributed by atoms with van der Waals surface area (Å²) in [4.78, 5) is 14.2. The lowest BCUT2D eigenvalue weighted by Gasteiger charge is -2.14. The van der Waals surface area contributed by atoms with Crippen molar-refractivity contribution in [3.8, 4) is 5.75 Å². The molecule has 1 aliphatic heterocycles. The van der Waals surface area contributed by atoms with Gasteiger partial charge in [-0.3, -0.25) is 0 Å². The zero-order valence-corrected chi connectivity index (χ0v) is 10.7. The molecule has 18 heavy (non-hydrogen) atoms. The maximum Gasteiger partial charge on any atom is 0.340 e. The van der Waals surface area contributed by atoms with Gasteiger partial charge in [-0.2, -0.15) is 0 Å². The van der Waals surface area contributed by atoms with Crippen LogP contribution in [0.1, 0.15) is 16.8 Å². The van der Waals surface area contributed by atoms with Crippen LogP contribution < -0.4 is 10.5 Å². The Labute approximate surface area is 106 Å². The van der Waals surface area contributed by atoms with E-state index in [-0.39, 0.29) is 12.1 Å². The van der Waals surface area contributed by atoms with Crippen LogP contribution in [0.25, 0.3) is 0 Å². The first-order valence-corrected chi connectivity index (χ1v) is 5.94. The Kier molecular flexibility index (Phi) is 3.72. The van der Waals surface area contributed by atoms with Gasteiger partial charge in [0.15, 0.2) is 0 Å². The molecule has 0 aromatic heterocycles. The van der Waals surface area contributed by atoms with Crippen LogP contribution in [-0.4, -0.2) is 44.2 Å². The number of para-hydroxylation sites is 1. The number of hydrogen-bond acceptors (Lipinski definition) is 5. The molecule has 98 valence electrons. The minimum atomic E-state index is -0.383. The van der Waals surface area contributed by atoms with Crippen molar-refractivity contribution in [2.45, 2.75) is 12.5 Å². The molecule has 1 aromatic rings. The number of carbonyl (C=O) groups excluding carboxylic acids is 1. The fourth-order valence-corrected chi connectivity index (χ4v) is 2.11. The summed E-state index contributed by atoms with van der Waals surface area (Å²) in [6, 6.07) is 5.10. The van der Waals surface area contributed by atoms with Gasteiger partial charge in [0, 0.05) is 13.1 Å². The van der Waals surface area contributed by atoms with Crippen molar-refractivity contribution in [1.29, 1.82) is 0 Å². The molecule has 5 heteroatoms. The third-order valence-corrected chi connectivity index (χ3v) is 3.13. The zero-order valence-electron chi connectivity index (χ0n) is 10.7. The average molecular weight is 250 g/mol. The highest BCUT2D eigenvalue weighted by Gasteiger charge is 2.24. The second kappa shape index (κ2) is 5.27. The molecule has 0 amide bonds. The summed E-state index contributed by atoms with van der Waals surface area (Å²) in [5.41, 5.74) is 6.55. The van der Waals surface area contributed by atoms with Gasteiger partial charge < -0.3 is 20.1 Å². The summed E-state index contributed by atoms with van der Waals surface area (Å²) in [6.07, 6.45) is 0.819. The molecule has 0 saturated carbocycles. The highest BCUT2D eigenvalue weighted by Crippen LogP contribution is 2.26. The summed E-state index contributed by atoms with van der Waals surface area (Å²) in [5, 5.41) is 0. The van der Waals surface area contributed by atoms with Crippen molar-refractivity contribution in [1.82, 2.24) is 4.90 Å². The van der Waals surface area contributed by atoms with Gasteiger partial charge in [0.2, 0.25) is 0 Å². The fourth-order valence-electron chi connectivity index (χ4n) is 2.11. The number of hydrogen-bond donors (Lipinski definition) is 1. The number of nitrogens with zero attached hydrogens (tertiary/aromatic N) is 1. The van der Waals surface area contributed by atoms with Crippen LogP contribution in [0, 0.1) is 0 Å². The number of benzene rings is 1. The molecule has 2 N–H and O–H groups in total. The second-order valence-electron chi connectivity index (χ2n) is 4.50. The number of rotatable bonds is 3. The summed E-state index contributed by atoms with van der Waals surface area (Å²) >= 11 is 0. The van der Waals surface area contributed by atoms with E-state index in [9.17, 15) is 4.79 Å². The van der Waals surface area contributed by atoms with Crippen molar-refractivity contribution in [2.75, 3.05) is 33.0 Å². The van der Waals surface area contributed by atoms with Crippen molar-refractivity contribution in [3.63, 3.8) is 0 Å². The third kappa shape index (κ3) is 2.56. The average Bonchev–Trinajstić information content (AvgIpc) is 2.75. The largest absolute Gasteiger partial charge is 0.495 e. The van der Waals surface area contributed by atoms with Gasteiger partial charge in [-0.15, -0.1) is 0 Å². The summed E-state index contributed by atoms with van der Waals surface area (Å²) in [7, 11) is 3.53. The predicted molar refractivity (Wildman–Crippen MR) is 68.7 cm³/mol. The Balaban J connectivity index is 2.09. The number of nitrogen functional groups attached to an aromatic ring is 1. The Hall–Kier alpha value is -1.75. The van der Waals surface area contributed by atoms with Crippen LogP contribution >= 0.6 is 0 Å². The summed E-state index contributed by atoms with van der Waals surface area (Å²) in [5.74, 6) is 0.111. The molecule has 1 heterocycles. The zero-order chi connectivity index (χ0) is 13.1. The SMILES string of the molecule is COc1cccc(C(=O)OC2CCN(C)C2)c1N. The lowest BCUT2D eigenvalue weighted by Crippen LogP contribution is -2.22. The normalized spacial score (nSPS) is 19.8. The Morgan fingerprint density at radius 2 is 2.28 bits per heavy atom. The minimum Gasteiger partial charge on any atom is -0.495 e. The molecule has 0 aliphatic carbocycles. The highest BCUT2D eigenvalue weighted by molar-refractivity contribution is 5.96. The van der Waals surface area contributed by atoms with Gasteiger partial charge in [-0.1, -0.05) is 6.07 Å². The van der Waals surface area contributed by atoms with E-state index in [4.69, 9.17) is 15.2 Å². The number of likely N-dealkylation sites (tertiary alicyclic amines) is 1. The Bertz CT molecular complexity index is 448. The topological polar surface area (TPSA) is 64.8 Å². The number of ether oxygens (including phenoxy) is 2. The van der Waals surface area contributed by atoms with E-state index in [0.29, 0.717) is 17.0 Å². The molecule has 1 atom stereocenters. The number of anilines is 1. The fraction of sp³-hybridized carbons (Fsp3) is 0.462. The standard InChI is InChI=1S/C13H18N2O3/c1-15-7-6-9(8-15)18-13(16)10-4-3-5-11(17-2)12(10)14/h3-5,9H,6-8,14H2,1-2H3. The van der Waals surface area contributed by atoms with Crippen LogP contribution in [0.4, 0.5) is 5.69 Å². The lowest BCUT2D eigenvalue weighted by atomic mass is 10.1. The smallest absolute Gasteiger partial charge is 0.340 e. The van der Waals surface area contributed by atoms with E-state index in [2.05, 4.69) is 4.90 Å². The van der Waals surface area contributed by atoms with Crippen molar-refractivity contribution >= 4 is 11.7 Å². The number of nitrogens with two attached hydrogens (primary N) is 1. The quantitative estimate of drug-likeness (QED) is 0.643. The van der Waals surface area contributed by atoms with Gasteiger partial charge in [0.05, 0.1) is 18.4 Å². The molecule has 2 rings (SSSR count). The Morgan fingerprint density at radius 1 is 1.50 bits per heavy atom. The molecule has 5 nitrogen and oxygen atoms in total. The summed E-state index contributed by atoms with van der Waals surface area (Å²) < 4.78 is 10.5. The van der Waals surface area contributed by atoms with Crippen LogP contribution in [0.2, 0.25) is 0 Å². The molecule has 1 aliphatic rings. The van der Waals surface area contributed by atoms with E-state index < -0.39 is 0 Å². The molecule has 1 fully saturated rings. The molecule has 0 radical (unpaired) electrons. The maximum absolute atomic E-state index is 12.0. The van der Waals surface area contributed by atoms with E-state index >= 15 is 0 Å². The van der Waals surface area contributed by atoms with Crippen molar-refractivity contribution < 1.29 is 14.3 Å². The molecule has 1 saturated heterocycles. The molecule has 0 spiro atoms. The molecule has 0 bridgehead atoms. The van der Waals surface area contributed by atoms with E-state index in [1.807, 2.05) is 7.05 Å². The number of esters is 1. The van der Waals surface area contributed by atoms with Crippen molar-refractivity contribution in [2.24, 2.45) is 0 Å². The predicted octanol–water partition coefficient (Wildman–Crippen LogP) is 1.14. The summed E-state index contributed by atoms with van der Waals surface area (Å²) in [6.45, 7) is 1.72. The van der Waals surface area contributed by atoms with E-state index in [0.717, 1.165) is 19.5 Å². The first-order chi connectivity index (χ1) is 8.61. The van der Waals surface area contributed by atoms with Gasteiger partial charge in [-0.25, -0.2) is 4.79 Å². The maximum atomic E-state index is 12.0. The van der Waals surface area contributed by atoms with Gasteiger partial charge >= 0.3 is 5.97 Å². The lowest BCUT2D eigenvalue weighted by molar-refractivity contribution is 0.0328. The van der Waals surface area contributed by atoms with Crippen molar-refractivity contribution in [3.05, 3.63) is 23.8 Å². The number of carbonyl (C=O) groups is 1.